The average molecular weight is 425 g/mol. The lowest BCUT2D eigenvalue weighted by Crippen LogP contribution is -2.52. The minimum absolute atomic E-state index is 0.121. The third-order valence-electron chi connectivity index (χ3n) is 7.38. The lowest BCUT2D eigenvalue weighted by molar-refractivity contribution is -0.139. The summed E-state index contributed by atoms with van der Waals surface area (Å²) in [5.41, 5.74) is 1.68. The quantitative estimate of drug-likeness (QED) is 0.523. The Bertz CT molecular complexity index is 1030. The van der Waals surface area contributed by atoms with E-state index in [4.69, 9.17) is 0 Å². The normalized spacial score (nSPS) is 25.3. The molecule has 30 heavy (non-hydrogen) atoms. The Morgan fingerprint density at radius 1 is 1.23 bits per heavy atom. The van der Waals surface area contributed by atoms with Gasteiger partial charge in [0.2, 0.25) is 5.91 Å². The number of nitrogens with zero attached hydrogens (tertiary/aromatic N) is 1. The molecule has 1 aliphatic carbocycles. The van der Waals surface area contributed by atoms with Crippen LogP contribution in [0.2, 0.25) is 0 Å². The van der Waals surface area contributed by atoms with Crippen LogP contribution in [0.15, 0.2) is 41.9 Å². The van der Waals surface area contributed by atoms with Crippen molar-refractivity contribution in [1.29, 1.82) is 0 Å². The second-order valence-electron chi connectivity index (χ2n) is 9.05. The van der Waals surface area contributed by atoms with Crippen molar-refractivity contribution in [3.05, 3.63) is 58.2 Å². The van der Waals surface area contributed by atoms with Crippen molar-refractivity contribution in [2.75, 3.05) is 6.54 Å². The molecule has 3 aromatic rings. The summed E-state index contributed by atoms with van der Waals surface area (Å²) in [6.07, 6.45) is 8.29. The van der Waals surface area contributed by atoms with Crippen LogP contribution in [0, 0.1) is 17.7 Å². The zero-order valence-corrected chi connectivity index (χ0v) is 18.3. The molecule has 3 nitrogen and oxygen atoms in total. The van der Waals surface area contributed by atoms with Gasteiger partial charge in [0.15, 0.2) is 0 Å². The van der Waals surface area contributed by atoms with Gasteiger partial charge in [0, 0.05) is 46.9 Å². The molecule has 1 saturated heterocycles. The SMILES string of the molecule is CC1CCN(C(=O)CC(c2cccs2)c2c[nH]c3cccc(F)c23)C2CCCCC12. The Kier molecular flexibility index (Phi) is 5.40. The number of hydrogen-bond donors (Lipinski definition) is 1. The zero-order chi connectivity index (χ0) is 20.7. The maximum atomic E-state index is 14.7. The highest BCUT2D eigenvalue weighted by Crippen LogP contribution is 2.41. The number of carbonyl (C=O) groups excluding carboxylic acids is 1. The number of benzene rings is 1. The molecule has 2 fully saturated rings. The summed E-state index contributed by atoms with van der Waals surface area (Å²) in [5, 5.41) is 2.66. The monoisotopic (exact) mass is 424 g/mol. The molecule has 3 heterocycles. The van der Waals surface area contributed by atoms with Gasteiger partial charge >= 0.3 is 0 Å². The van der Waals surface area contributed by atoms with E-state index in [0.717, 1.165) is 35.3 Å². The fraction of sp³-hybridized carbons (Fsp3) is 0.480. The van der Waals surface area contributed by atoms with Gasteiger partial charge in [-0.3, -0.25) is 4.79 Å². The largest absolute Gasteiger partial charge is 0.361 e. The van der Waals surface area contributed by atoms with Crippen LogP contribution >= 0.6 is 11.3 Å². The first kappa shape index (κ1) is 19.8. The lowest BCUT2D eigenvalue weighted by Gasteiger charge is -2.47. The predicted molar refractivity (Wildman–Crippen MR) is 120 cm³/mol. The van der Waals surface area contributed by atoms with E-state index in [1.54, 1.807) is 17.4 Å². The van der Waals surface area contributed by atoms with Crippen molar-refractivity contribution in [2.45, 2.75) is 57.4 Å². The van der Waals surface area contributed by atoms with Gasteiger partial charge in [-0.15, -0.1) is 11.3 Å². The molecule has 5 heteroatoms. The first-order valence-electron chi connectivity index (χ1n) is 11.2. The van der Waals surface area contributed by atoms with Crippen molar-refractivity contribution in [3.63, 3.8) is 0 Å². The molecule has 1 aromatic carbocycles. The number of hydrogen-bond acceptors (Lipinski definition) is 2. The van der Waals surface area contributed by atoms with E-state index < -0.39 is 0 Å². The maximum absolute atomic E-state index is 14.7. The molecule has 4 atom stereocenters. The van der Waals surface area contributed by atoms with E-state index in [2.05, 4.69) is 22.9 Å². The highest BCUT2D eigenvalue weighted by atomic mass is 32.1. The van der Waals surface area contributed by atoms with E-state index in [1.165, 1.54) is 25.3 Å². The lowest BCUT2D eigenvalue weighted by atomic mass is 9.72. The number of fused-ring (bicyclic) bond motifs is 2. The third-order valence-corrected chi connectivity index (χ3v) is 8.37. The number of amides is 1. The topological polar surface area (TPSA) is 36.1 Å². The highest BCUT2D eigenvalue weighted by Gasteiger charge is 2.40. The Hall–Kier alpha value is -2.14. The summed E-state index contributed by atoms with van der Waals surface area (Å²) in [5.74, 6) is 1.22. The predicted octanol–water partition coefficient (Wildman–Crippen LogP) is 6.32. The van der Waals surface area contributed by atoms with Crippen molar-refractivity contribution in [2.24, 2.45) is 11.8 Å². The molecule has 4 unspecified atom stereocenters. The number of piperidine rings is 1. The number of thiophene rings is 1. The smallest absolute Gasteiger partial charge is 0.223 e. The van der Waals surface area contributed by atoms with E-state index in [0.29, 0.717) is 29.7 Å². The summed E-state index contributed by atoms with van der Waals surface area (Å²) in [6.45, 7) is 3.22. The number of halogens is 1. The van der Waals surface area contributed by atoms with Gasteiger partial charge in [0.1, 0.15) is 5.82 Å². The van der Waals surface area contributed by atoms with Crippen molar-refractivity contribution in [3.8, 4) is 0 Å². The van der Waals surface area contributed by atoms with Crippen LogP contribution in [0.4, 0.5) is 4.39 Å². The minimum atomic E-state index is -0.225. The van der Waals surface area contributed by atoms with Crippen LogP contribution in [-0.2, 0) is 4.79 Å². The summed E-state index contributed by atoms with van der Waals surface area (Å²) in [6, 6.07) is 9.60. The third kappa shape index (κ3) is 3.47. The van der Waals surface area contributed by atoms with Gasteiger partial charge in [0.05, 0.1) is 0 Å². The number of aromatic nitrogens is 1. The molecular weight excluding hydrogens is 395 g/mol. The molecule has 158 valence electrons. The summed E-state index contributed by atoms with van der Waals surface area (Å²) < 4.78 is 14.7. The standard InChI is InChI=1S/C25H29FN2OS/c1-16-11-12-28(22-9-3-2-6-17(16)22)24(29)14-18(23-10-5-13-30-23)19-15-27-21-8-4-7-20(26)25(19)21/h4-5,7-8,10,13,15-18,22,27H,2-3,6,9,11-12,14H2,1H3. The first-order chi connectivity index (χ1) is 14.6. The fourth-order valence-corrected chi connectivity index (χ4v) is 6.65. The summed E-state index contributed by atoms with van der Waals surface area (Å²) >= 11 is 1.65. The van der Waals surface area contributed by atoms with Crippen molar-refractivity contribution in [1.82, 2.24) is 9.88 Å². The molecule has 1 aliphatic heterocycles. The molecule has 2 aliphatic rings. The van der Waals surface area contributed by atoms with Gasteiger partial charge in [-0.2, -0.15) is 0 Å². The average Bonchev–Trinajstić information content (AvgIpc) is 3.43. The van der Waals surface area contributed by atoms with Gasteiger partial charge in [0.25, 0.3) is 0 Å². The van der Waals surface area contributed by atoms with Crippen LogP contribution in [0.25, 0.3) is 10.9 Å². The molecule has 1 N–H and O–H groups in total. The van der Waals surface area contributed by atoms with Crippen LogP contribution in [0.5, 0.6) is 0 Å². The number of likely N-dealkylation sites (tertiary alicyclic amines) is 1. The number of aromatic amines is 1. The van der Waals surface area contributed by atoms with Gasteiger partial charge in [-0.25, -0.2) is 4.39 Å². The number of H-pyrrole nitrogens is 1. The molecule has 1 amide bonds. The summed E-state index contributed by atoms with van der Waals surface area (Å²) in [4.78, 5) is 20.1. The second-order valence-corrected chi connectivity index (χ2v) is 10.0. The highest BCUT2D eigenvalue weighted by molar-refractivity contribution is 7.10. The second kappa shape index (κ2) is 8.18. The maximum Gasteiger partial charge on any atom is 0.223 e. The first-order valence-corrected chi connectivity index (χ1v) is 12.1. The molecule has 1 saturated carbocycles. The minimum Gasteiger partial charge on any atom is -0.361 e. The van der Waals surface area contributed by atoms with E-state index in [1.807, 2.05) is 23.7 Å². The van der Waals surface area contributed by atoms with Gasteiger partial charge in [-0.1, -0.05) is 31.9 Å². The molecule has 0 spiro atoms. The molecule has 2 aromatic heterocycles. The Morgan fingerprint density at radius 2 is 2.10 bits per heavy atom. The molecule has 5 rings (SSSR count). The van der Waals surface area contributed by atoms with Crippen molar-refractivity contribution < 1.29 is 9.18 Å². The van der Waals surface area contributed by atoms with Gasteiger partial charge < -0.3 is 9.88 Å². The Morgan fingerprint density at radius 3 is 2.93 bits per heavy atom. The fourth-order valence-electron chi connectivity index (χ4n) is 5.81. The Balaban J connectivity index is 1.47. The molecular formula is C25H29FN2OS. The molecule has 0 radical (unpaired) electrons. The number of rotatable bonds is 4. The Labute approximate surface area is 181 Å². The summed E-state index contributed by atoms with van der Waals surface area (Å²) in [7, 11) is 0. The van der Waals surface area contributed by atoms with E-state index in [9.17, 15) is 9.18 Å². The van der Waals surface area contributed by atoms with Gasteiger partial charge in [-0.05, 0) is 60.2 Å². The van der Waals surface area contributed by atoms with Crippen LogP contribution in [-0.4, -0.2) is 28.4 Å². The van der Waals surface area contributed by atoms with E-state index in [-0.39, 0.29) is 17.6 Å². The number of nitrogens with one attached hydrogen (secondary N) is 1. The van der Waals surface area contributed by atoms with Crippen LogP contribution < -0.4 is 0 Å². The van der Waals surface area contributed by atoms with Crippen molar-refractivity contribution >= 4 is 28.1 Å². The molecule has 0 bridgehead atoms. The zero-order valence-electron chi connectivity index (χ0n) is 17.4. The van der Waals surface area contributed by atoms with E-state index >= 15 is 0 Å². The van der Waals surface area contributed by atoms with Crippen LogP contribution in [0.1, 0.15) is 61.8 Å². The van der Waals surface area contributed by atoms with Crippen LogP contribution in [0.3, 0.4) is 0 Å². The number of carbonyl (C=O) groups is 1.